The molecule has 0 saturated carbocycles. The Bertz CT molecular complexity index is 411. The van der Waals surface area contributed by atoms with Crippen LogP contribution in [0, 0.1) is 0 Å². The van der Waals surface area contributed by atoms with Crippen molar-refractivity contribution in [2.24, 2.45) is 0 Å². The summed E-state index contributed by atoms with van der Waals surface area (Å²) in [5.74, 6) is -2.14. The van der Waals surface area contributed by atoms with Crippen LogP contribution in [0.5, 0.6) is 0 Å². The van der Waals surface area contributed by atoms with Crippen LogP contribution in [0.15, 0.2) is 12.4 Å². The van der Waals surface area contributed by atoms with Crippen LogP contribution in [0.4, 0.5) is 0 Å². The van der Waals surface area contributed by atoms with Gasteiger partial charge < -0.3 is 10.2 Å². The number of aromatic nitrogens is 6. The van der Waals surface area contributed by atoms with E-state index < -0.39 is 11.9 Å². The number of nitrogens with zero attached hydrogens (tertiary/aromatic N) is 4. The van der Waals surface area contributed by atoms with Crippen LogP contribution in [-0.2, 0) is 27.3 Å². The van der Waals surface area contributed by atoms with Gasteiger partial charge in [0.1, 0.15) is 0 Å². The molecule has 0 unspecified atom stereocenters. The number of H-pyrrole nitrogens is 2. The summed E-state index contributed by atoms with van der Waals surface area (Å²) < 4.78 is 0. The quantitative estimate of drug-likeness (QED) is 0.508. The van der Waals surface area contributed by atoms with E-state index in [-0.39, 0.29) is 38.7 Å². The van der Waals surface area contributed by atoms with E-state index in [9.17, 15) is 9.59 Å². The van der Waals surface area contributed by atoms with Gasteiger partial charge in [0.15, 0.2) is 11.4 Å². The number of carboxylic acids is 2. The summed E-state index contributed by atoms with van der Waals surface area (Å²) in [6.45, 7) is 0. The minimum atomic E-state index is -1.07. The first-order chi connectivity index (χ1) is 7.61. The molecule has 2 aromatic rings. The van der Waals surface area contributed by atoms with Gasteiger partial charge in [-0.1, -0.05) is 0 Å². The van der Waals surface area contributed by atoms with E-state index in [2.05, 4.69) is 30.8 Å². The Hall–Kier alpha value is -1.86. The van der Waals surface area contributed by atoms with Crippen molar-refractivity contribution in [3.8, 4) is 0 Å². The third kappa shape index (κ3) is 5.14. The van der Waals surface area contributed by atoms with Gasteiger partial charge >= 0.3 is 11.9 Å². The number of hydrogen-bond donors (Lipinski definition) is 4. The average molecular weight is 339 g/mol. The maximum atomic E-state index is 9.94. The summed E-state index contributed by atoms with van der Waals surface area (Å²) in [6.07, 6.45) is 2.28. The summed E-state index contributed by atoms with van der Waals surface area (Å²) >= 11 is 0. The van der Waals surface area contributed by atoms with Crippen LogP contribution < -0.4 is 0 Å². The van der Waals surface area contributed by atoms with Crippen molar-refractivity contribution in [3.05, 3.63) is 23.8 Å². The van der Waals surface area contributed by atoms with Crippen molar-refractivity contribution in [3.63, 3.8) is 0 Å². The SMILES string of the molecule is O=C(O)c1cn[nH]n1.O=C(O)c1cn[nH]n1.[Cd]. The van der Waals surface area contributed by atoms with E-state index in [1.807, 2.05) is 0 Å². The van der Waals surface area contributed by atoms with Gasteiger partial charge in [0.05, 0.1) is 12.4 Å². The molecule has 0 radical (unpaired) electrons. The number of carboxylic acid groups (broad SMARTS) is 2. The second-order valence-corrected chi connectivity index (χ2v) is 2.32. The van der Waals surface area contributed by atoms with Crippen molar-refractivity contribution in [2.45, 2.75) is 0 Å². The Kier molecular flexibility index (Phi) is 6.61. The van der Waals surface area contributed by atoms with E-state index in [4.69, 9.17) is 10.2 Å². The normalized spacial score (nSPS) is 8.47. The Morgan fingerprint density at radius 3 is 1.41 bits per heavy atom. The Balaban J connectivity index is 0.000000284. The molecule has 0 spiro atoms. The monoisotopic (exact) mass is 340 g/mol. The third-order valence-electron chi connectivity index (χ3n) is 1.27. The second kappa shape index (κ2) is 7.42. The van der Waals surface area contributed by atoms with Crippen molar-refractivity contribution in [1.82, 2.24) is 30.8 Å². The predicted octanol–water partition coefficient (Wildman–Crippen LogP) is -0.997. The van der Waals surface area contributed by atoms with Crippen LogP contribution in [0.25, 0.3) is 0 Å². The zero-order valence-electron chi connectivity index (χ0n) is 8.36. The van der Waals surface area contributed by atoms with Crippen molar-refractivity contribution in [2.75, 3.05) is 0 Å². The van der Waals surface area contributed by atoms with Gasteiger partial charge in [0.2, 0.25) is 0 Å². The zero-order valence-corrected chi connectivity index (χ0v) is 12.4. The molecule has 2 aromatic heterocycles. The van der Waals surface area contributed by atoms with E-state index in [0.29, 0.717) is 0 Å². The maximum absolute atomic E-state index is 9.94. The van der Waals surface area contributed by atoms with Crippen molar-refractivity contribution < 1.29 is 47.1 Å². The van der Waals surface area contributed by atoms with Crippen molar-refractivity contribution >= 4 is 11.9 Å². The van der Waals surface area contributed by atoms with Gasteiger partial charge in [-0.05, 0) is 0 Å². The molecule has 0 atom stereocenters. The molecule has 0 bridgehead atoms. The van der Waals surface area contributed by atoms with Gasteiger partial charge in [-0.15, -0.1) is 10.2 Å². The fourth-order valence-corrected chi connectivity index (χ4v) is 0.609. The molecule has 0 aromatic carbocycles. The Morgan fingerprint density at radius 2 is 1.29 bits per heavy atom. The smallest absolute Gasteiger partial charge is 0.358 e. The molecule has 0 aliphatic carbocycles. The van der Waals surface area contributed by atoms with Gasteiger partial charge in [0, 0.05) is 27.3 Å². The molecule has 0 fully saturated rings. The first kappa shape index (κ1) is 15.1. The van der Waals surface area contributed by atoms with Gasteiger partial charge in [-0.25, -0.2) is 9.59 Å². The topological polar surface area (TPSA) is 158 Å². The summed E-state index contributed by atoms with van der Waals surface area (Å²) in [5.41, 5.74) is -0.130. The van der Waals surface area contributed by atoms with E-state index in [0.717, 1.165) is 12.4 Å². The Morgan fingerprint density at radius 1 is 0.941 bits per heavy atom. The molecule has 11 heteroatoms. The number of aromatic amines is 2. The van der Waals surface area contributed by atoms with Gasteiger partial charge in [-0.3, -0.25) is 0 Å². The number of rotatable bonds is 2. The molecule has 0 amide bonds. The summed E-state index contributed by atoms with van der Waals surface area (Å²) in [4.78, 5) is 19.9. The first-order valence-corrected chi connectivity index (χ1v) is 3.79. The molecule has 86 valence electrons. The zero-order chi connectivity index (χ0) is 12.0. The van der Waals surface area contributed by atoms with Crippen LogP contribution in [0.1, 0.15) is 21.0 Å². The molecule has 10 nitrogen and oxygen atoms in total. The second-order valence-electron chi connectivity index (χ2n) is 2.32. The summed E-state index contributed by atoms with van der Waals surface area (Å²) in [6, 6.07) is 0. The molecular weight excluding hydrogens is 333 g/mol. The minimum absolute atomic E-state index is 0. The van der Waals surface area contributed by atoms with E-state index in [1.54, 1.807) is 0 Å². The average Bonchev–Trinajstić information content (AvgIpc) is 2.93. The van der Waals surface area contributed by atoms with E-state index in [1.165, 1.54) is 0 Å². The first-order valence-electron chi connectivity index (χ1n) is 3.79. The standard InChI is InChI=1S/2C3H3N3O2.Cd/c2*7-3(8)2-1-4-6-5-2;/h2*1H,(H,7,8)(H,4,5,6);. The maximum Gasteiger partial charge on any atom is 0.358 e. The Labute approximate surface area is 114 Å². The number of hydrogen-bond acceptors (Lipinski definition) is 6. The number of carbonyl (C=O) groups is 2. The van der Waals surface area contributed by atoms with Crippen LogP contribution in [-0.4, -0.2) is 53.0 Å². The van der Waals surface area contributed by atoms with E-state index >= 15 is 0 Å². The van der Waals surface area contributed by atoms with Crippen LogP contribution in [0.3, 0.4) is 0 Å². The van der Waals surface area contributed by atoms with Gasteiger partial charge in [0.25, 0.3) is 0 Å². The summed E-state index contributed by atoms with van der Waals surface area (Å²) in [7, 11) is 0. The molecule has 17 heavy (non-hydrogen) atoms. The molecular formula is C6H6CdN6O4. The molecule has 4 N–H and O–H groups in total. The molecule has 0 aliphatic heterocycles. The fraction of sp³-hybridized carbons (Fsp3) is 0. The largest absolute Gasteiger partial charge is 0.476 e. The minimum Gasteiger partial charge on any atom is -0.476 e. The molecule has 2 rings (SSSR count). The van der Waals surface area contributed by atoms with Crippen LogP contribution in [0.2, 0.25) is 0 Å². The summed E-state index contributed by atoms with van der Waals surface area (Å²) in [5, 5.41) is 33.8. The number of nitrogens with one attached hydrogen (secondary N) is 2. The van der Waals surface area contributed by atoms with Gasteiger partial charge in [-0.2, -0.15) is 20.6 Å². The molecule has 0 aliphatic rings. The third-order valence-corrected chi connectivity index (χ3v) is 1.27. The van der Waals surface area contributed by atoms with Crippen molar-refractivity contribution in [1.29, 1.82) is 0 Å². The molecule has 0 saturated heterocycles. The predicted molar refractivity (Wildman–Crippen MR) is 46.7 cm³/mol. The molecule has 2 heterocycles. The number of aromatic carboxylic acids is 2. The van der Waals surface area contributed by atoms with Crippen LogP contribution >= 0.6 is 0 Å². The fourth-order valence-electron chi connectivity index (χ4n) is 0.609.